The van der Waals surface area contributed by atoms with Crippen molar-refractivity contribution in [2.75, 3.05) is 17.9 Å². The number of anilines is 1. The molecule has 0 heterocycles. The molecule has 0 aliphatic heterocycles. The van der Waals surface area contributed by atoms with Crippen molar-refractivity contribution < 1.29 is 22.3 Å². The van der Waals surface area contributed by atoms with Crippen LogP contribution in [0.1, 0.15) is 15.9 Å². The molecule has 6 nitrogen and oxygen atoms in total. The minimum absolute atomic E-state index is 0.107. The fraction of sp³-hybridized carbons (Fsp3) is 0.136. The Morgan fingerprint density at radius 2 is 1.63 bits per heavy atom. The summed E-state index contributed by atoms with van der Waals surface area (Å²) in [6, 6.07) is 18.3. The Bertz CT molecular complexity index is 1110. The highest BCUT2D eigenvalue weighted by molar-refractivity contribution is 7.92. The fourth-order valence-electron chi connectivity index (χ4n) is 2.65. The summed E-state index contributed by atoms with van der Waals surface area (Å²) in [7, 11) is -3.84. The van der Waals surface area contributed by atoms with Gasteiger partial charge >= 0.3 is 0 Å². The van der Waals surface area contributed by atoms with E-state index in [1.165, 1.54) is 48.5 Å². The molecule has 3 aromatic rings. The number of rotatable bonds is 8. The van der Waals surface area contributed by atoms with E-state index in [-0.39, 0.29) is 35.1 Å². The Hall–Kier alpha value is -3.39. The largest absolute Gasteiger partial charge is 0.492 e. The quantitative estimate of drug-likeness (QED) is 0.536. The maximum Gasteiger partial charge on any atom is 0.261 e. The van der Waals surface area contributed by atoms with Crippen LogP contribution in [0.5, 0.6) is 5.75 Å². The Morgan fingerprint density at radius 1 is 0.967 bits per heavy atom. The highest BCUT2D eigenvalue weighted by Crippen LogP contribution is 2.20. The van der Waals surface area contributed by atoms with Crippen LogP contribution in [0.25, 0.3) is 0 Å². The van der Waals surface area contributed by atoms with Crippen molar-refractivity contribution in [1.29, 1.82) is 0 Å². The molecular weight excluding hydrogens is 407 g/mol. The average Bonchev–Trinajstić information content (AvgIpc) is 2.73. The lowest BCUT2D eigenvalue weighted by Gasteiger charge is -2.13. The van der Waals surface area contributed by atoms with Crippen LogP contribution in [0.4, 0.5) is 10.1 Å². The highest BCUT2D eigenvalue weighted by Gasteiger charge is 2.18. The first-order chi connectivity index (χ1) is 14.3. The van der Waals surface area contributed by atoms with Crippen molar-refractivity contribution in [2.45, 2.75) is 11.8 Å². The molecule has 0 fully saturated rings. The summed E-state index contributed by atoms with van der Waals surface area (Å²) in [6.07, 6.45) is 0. The Morgan fingerprint density at radius 3 is 2.33 bits per heavy atom. The normalized spacial score (nSPS) is 11.0. The SMILES string of the molecule is Cc1ccc(S(=O)(=O)Nc2ccccc2C(=O)NCCOc2ccc(F)cc2)cc1. The van der Waals surface area contributed by atoms with Crippen LogP contribution in [0.15, 0.2) is 77.7 Å². The second kappa shape index (κ2) is 9.41. The molecule has 1 amide bonds. The topological polar surface area (TPSA) is 84.5 Å². The van der Waals surface area contributed by atoms with Gasteiger partial charge in [0.25, 0.3) is 15.9 Å². The third kappa shape index (κ3) is 5.57. The molecule has 0 saturated heterocycles. The molecule has 0 unspecified atom stereocenters. The van der Waals surface area contributed by atoms with Crippen LogP contribution in [0.2, 0.25) is 0 Å². The van der Waals surface area contributed by atoms with Gasteiger partial charge in [0, 0.05) is 0 Å². The van der Waals surface area contributed by atoms with E-state index in [4.69, 9.17) is 4.74 Å². The number of aryl methyl sites for hydroxylation is 1. The summed E-state index contributed by atoms with van der Waals surface area (Å²) in [4.78, 5) is 12.6. The van der Waals surface area contributed by atoms with E-state index >= 15 is 0 Å². The zero-order valence-electron chi connectivity index (χ0n) is 16.3. The molecule has 156 valence electrons. The third-order valence-electron chi connectivity index (χ3n) is 4.22. The van der Waals surface area contributed by atoms with Crippen LogP contribution in [-0.2, 0) is 10.0 Å². The highest BCUT2D eigenvalue weighted by atomic mass is 32.2. The number of hydrogen-bond acceptors (Lipinski definition) is 4. The van der Waals surface area contributed by atoms with E-state index in [0.29, 0.717) is 5.75 Å². The molecule has 2 N–H and O–H groups in total. The van der Waals surface area contributed by atoms with E-state index in [9.17, 15) is 17.6 Å². The maximum absolute atomic E-state index is 12.9. The van der Waals surface area contributed by atoms with Gasteiger partial charge in [-0.1, -0.05) is 29.8 Å². The van der Waals surface area contributed by atoms with Crippen LogP contribution in [-0.4, -0.2) is 27.5 Å². The van der Waals surface area contributed by atoms with E-state index in [0.717, 1.165) is 5.56 Å². The summed E-state index contributed by atoms with van der Waals surface area (Å²) in [5, 5.41) is 2.68. The monoisotopic (exact) mass is 428 g/mol. The molecule has 0 aliphatic rings. The van der Waals surface area contributed by atoms with Crippen molar-refractivity contribution >= 4 is 21.6 Å². The standard InChI is InChI=1S/C22H21FN2O4S/c1-16-6-12-19(13-7-16)30(27,28)25-21-5-3-2-4-20(21)22(26)24-14-15-29-18-10-8-17(23)9-11-18/h2-13,25H,14-15H2,1H3,(H,24,26). The molecule has 0 bridgehead atoms. The van der Waals surface area contributed by atoms with E-state index < -0.39 is 15.9 Å². The van der Waals surface area contributed by atoms with Gasteiger partial charge in [-0.3, -0.25) is 9.52 Å². The van der Waals surface area contributed by atoms with Crippen molar-refractivity contribution in [2.24, 2.45) is 0 Å². The minimum atomic E-state index is -3.84. The molecule has 30 heavy (non-hydrogen) atoms. The molecule has 0 spiro atoms. The van der Waals surface area contributed by atoms with Crippen LogP contribution in [0.3, 0.4) is 0 Å². The number of para-hydroxylation sites is 1. The Balaban J connectivity index is 1.63. The smallest absolute Gasteiger partial charge is 0.261 e. The summed E-state index contributed by atoms with van der Waals surface area (Å²) >= 11 is 0. The number of carbonyl (C=O) groups excluding carboxylic acids is 1. The molecule has 0 aromatic heterocycles. The van der Waals surface area contributed by atoms with Gasteiger partial charge in [-0.15, -0.1) is 0 Å². The lowest BCUT2D eigenvalue weighted by molar-refractivity contribution is 0.0948. The van der Waals surface area contributed by atoms with Gasteiger partial charge in [-0.05, 0) is 55.5 Å². The molecular formula is C22H21FN2O4S. The molecule has 0 radical (unpaired) electrons. The fourth-order valence-corrected chi connectivity index (χ4v) is 3.73. The van der Waals surface area contributed by atoms with Gasteiger partial charge in [0.15, 0.2) is 0 Å². The summed E-state index contributed by atoms with van der Waals surface area (Å²) in [6.45, 7) is 2.23. The summed E-state index contributed by atoms with van der Waals surface area (Å²) in [5.74, 6) is -0.322. The minimum Gasteiger partial charge on any atom is -0.492 e. The molecule has 3 rings (SSSR count). The average molecular weight is 428 g/mol. The van der Waals surface area contributed by atoms with Gasteiger partial charge in [0.05, 0.1) is 22.7 Å². The number of nitrogens with one attached hydrogen (secondary N) is 2. The van der Waals surface area contributed by atoms with Crippen molar-refractivity contribution in [3.63, 3.8) is 0 Å². The van der Waals surface area contributed by atoms with Gasteiger partial charge < -0.3 is 10.1 Å². The van der Waals surface area contributed by atoms with Crippen molar-refractivity contribution in [3.8, 4) is 5.75 Å². The van der Waals surface area contributed by atoms with Gasteiger partial charge in [0.2, 0.25) is 0 Å². The number of hydrogen-bond donors (Lipinski definition) is 2. The number of carbonyl (C=O) groups is 1. The first-order valence-electron chi connectivity index (χ1n) is 9.20. The predicted octanol–water partition coefficient (Wildman–Crippen LogP) is 3.74. The van der Waals surface area contributed by atoms with Gasteiger partial charge in [-0.25, -0.2) is 12.8 Å². The number of benzene rings is 3. The summed E-state index contributed by atoms with van der Waals surface area (Å²) < 4.78 is 46.1. The predicted molar refractivity (Wildman–Crippen MR) is 113 cm³/mol. The van der Waals surface area contributed by atoms with Gasteiger partial charge in [-0.2, -0.15) is 0 Å². The Labute approximate surface area is 174 Å². The number of ether oxygens (including phenoxy) is 1. The van der Waals surface area contributed by atoms with Crippen molar-refractivity contribution in [1.82, 2.24) is 5.32 Å². The van der Waals surface area contributed by atoms with E-state index in [2.05, 4.69) is 10.0 Å². The van der Waals surface area contributed by atoms with Crippen LogP contribution >= 0.6 is 0 Å². The first-order valence-corrected chi connectivity index (χ1v) is 10.7. The van der Waals surface area contributed by atoms with Crippen LogP contribution in [0, 0.1) is 12.7 Å². The lowest BCUT2D eigenvalue weighted by atomic mass is 10.1. The third-order valence-corrected chi connectivity index (χ3v) is 5.60. The van der Waals surface area contributed by atoms with Crippen molar-refractivity contribution in [3.05, 3.63) is 89.7 Å². The molecule has 0 atom stereocenters. The Kier molecular flexibility index (Phi) is 6.68. The second-order valence-electron chi connectivity index (χ2n) is 6.52. The zero-order valence-corrected chi connectivity index (χ0v) is 17.1. The van der Waals surface area contributed by atoms with Gasteiger partial charge in [0.1, 0.15) is 18.2 Å². The molecule has 8 heteroatoms. The molecule has 0 saturated carbocycles. The number of sulfonamides is 1. The first kappa shape index (κ1) is 21.3. The van der Waals surface area contributed by atoms with E-state index in [1.54, 1.807) is 24.3 Å². The van der Waals surface area contributed by atoms with Crippen LogP contribution < -0.4 is 14.8 Å². The number of amides is 1. The van der Waals surface area contributed by atoms with E-state index in [1.807, 2.05) is 6.92 Å². The molecule has 0 aliphatic carbocycles. The number of halogens is 1. The lowest BCUT2D eigenvalue weighted by Crippen LogP contribution is -2.29. The second-order valence-corrected chi connectivity index (χ2v) is 8.20. The zero-order chi connectivity index (χ0) is 21.6. The summed E-state index contributed by atoms with van der Waals surface area (Å²) in [5.41, 5.74) is 1.31. The molecule has 3 aromatic carbocycles. The maximum atomic E-state index is 12.9.